The molecule has 1 aromatic carbocycles. The van der Waals surface area contributed by atoms with E-state index in [-0.39, 0.29) is 11.8 Å². The van der Waals surface area contributed by atoms with Gasteiger partial charge in [-0.2, -0.15) is 0 Å². The number of furan rings is 1. The number of carbonyl (C=O) groups excluding carboxylic acids is 1. The van der Waals surface area contributed by atoms with Crippen molar-refractivity contribution in [3.05, 3.63) is 53.4 Å². The van der Waals surface area contributed by atoms with Gasteiger partial charge in [0, 0.05) is 10.7 Å². The maximum atomic E-state index is 11.9. The standard InChI is InChI=1S/C13H11Cl2NO2/c14-8-13(17)16(9-12-5-2-6-18-12)11-4-1-3-10(15)7-11/h1-7H,8-9H2. The lowest BCUT2D eigenvalue weighted by molar-refractivity contribution is -0.116. The van der Waals surface area contributed by atoms with Crippen LogP contribution in [0, 0.1) is 0 Å². The molecule has 0 atom stereocenters. The summed E-state index contributed by atoms with van der Waals surface area (Å²) in [4.78, 5) is 13.4. The van der Waals surface area contributed by atoms with E-state index in [0.29, 0.717) is 23.0 Å². The number of benzene rings is 1. The number of hydrogen-bond acceptors (Lipinski definition) is 2. The number of rotatable bonds is 4. The zero-order valence-electron chi connectivity index (χ0n) is 9.48. The molecule has 0 saturated carbocycles. The number of halogens is 2. The predicted molar refractivity (Wildman–Crippen MR) is 72.1 cm³/mol. The van der Waals surface area contributed by atoms with Crippen LogP contribution in [-0.4, -0.2) is 11.8 Å². The van der Waals surface area contributed by atoms with Gasteiger partial charge in [-0.1, -0.05) is 17.7 Å². The number of anilines is 1. The molecule has 0 radical (unpaired) electrons. The van der Waals surface area contributed by atoms with Crippen LogP contribution in [-0.2, 0) is 11.3 Å². The van der Waals surface area contributed by atoms with Gasteiger partial charge in [-0.3, -0.25) is 4.79 Å². The van der Waals surface area contributed by atoms with E-state index in [9.17, 15) is 4.79 Å². The minimum Gasteiger partial charge on any atom is -0.467 e. The molecule has 0 fully saturated rings. The van der Waals surface area contributed by atoms with E-state index in [1.807, 2.05) is 0 Å². The molecule has 3 nitrogen and oxygen atoms in total. The second-order valence-corrected chi connectivity index (χ2v) is 4.38. The van der Waals surface area contributed by atoms with Gasteiger partial charge in [-0.25, -0.2) is 0 Å². The average Bonchev–Trinajstić information content (AvgIpc) is 2.88. The minimum absolute atomic E-state index is 0.0901. The van der Waals surface area contributed by atoms with Crippen LogP contribution in [0.5, 0.6) is 0 Å². The zero-order valence-corrected chi connectivity index (χ0v) is 11.0. The summed E-state index contributed by atoms with van der Waals surface area (Å²) >= 11 is 11.5. The largest absolute Gasteiger partial charge is 0.467 e. The molecule has 1 amide bonds. The van der Waals surface area contributed by atoms with Gasteiger partial charge in [-0.05, 0) is 30.3 Å². The van der Waals surface area contributed by atoms with Crippen molar-refractivity contribution in [1.29, 1.82) is 0 Å². The van der Waals surface area contributed by atoms with Crippen LogP contribution in [0.4, 0.5) is 5.69 Å². The van der Waals surface area contributed by atoms with Crippen LogP contribution in [0.2, 0.25) is 5.02 Å². The molecule has 0 aliphatic carbocycles. The zero-order chi connectivity index (χ0) is 13.0. The maximum absolute atomic E-state index is 11.9. The Morgan fingerprint density at radius 3 is 2.72 bits per heavy atom. The smallest absolute Gasteiger partial charge is 0.242 e. The second-order valence-electron chi connectivity index (χ2n) is 3.67. The third-order valence-electron chi connectivity index (χ3n) is 2.43. The van der Waals surface area contributed by atoms with Crippen LogP contribution in [0.15, 0.2) is 47.1 Å². The molecule has 0 spiro atoms. The number of carbonyl (C=O) groups is 1. The molecule has 94 valence electrons. The van der Waals surface area contributed by atoms with E-state index in [2.05, 4.69) is 0 Å². The Labute approximate surface area is 115 Å². The van der Waals surface area contributed by atoms with Crippen molar-refractivity contribution in [2.24, 2.45) is 0 Å². The number of alkyl halides is 1. The van der Waals surface area contributed by atoms with E-state index in [1.165, 1.54) is 4.90 Å². The third kappa shape index (κ3) is 3.06. The van der Waals surface area contributed by atoms with Crippen LogP contribution >= 0.6 is 23.2 Å². The van der Waals surface area contributed by atoms with Crippen molar-refractivity contribution in [3.63, 3.8) is 0 Å². The first-order valence-corrected chi connectivity index (χ1v) is 6.26. The molecule has 1 heterocycles. The van der Waals surface area contributed by atoms with Gasteiger partial charge in [0.2, 0.25) is 5.91 Å². The molecule has 0 saturated heterocycles. The van der Waals surface area contributed by atoms with Crippen LogP contribution in [0.3, 0.4) is 0 Å². The maximum Gasteiger partial charge on any atom is 0.242 e. The van der Waals surface area contributed by atoms with E-state index in [1.54, 1.807) is 42.7 Å². The van der Waals surface area contributed by atoms with Crippen molar-refractivity contribution < 1.29 is 9.21 Å². The average molecular weight is 284 g/mol. The highest BCUT2D eigenvalue weighted by molar-refractivity contribution is 6.31. The van der Waals surface area contributed by atoms with Gasteiger partial charge in [0.1, 0.15) is 11.6 Å². The lowest BCUT2D eigenvalue weighted by Gasteiger charge is -2.21. The molecular formula is C13H11Cl2NO2. The van der Waals surface area contributed by atoms with E-state index < -0.39 is 0 Å². The summed E-state index contributed by atoms with van der Waals surface area (Å²) < 4.78 is 5.24. The molecule has 2 rings (SSSR count). The molecule has 2 aromatic rings. The number of nitrogens with zero attached hydrogens (tertiary/aromatic N) is 1. The van der Waals surface area contributed by atoms with E-state index in [0.717, 1.165) is 0 Å². The summed E-state index contributed by atoms with van der Waals surface area (Å²) in [6.07, 6.45) is 1.57. The van der Waals surface area contributed by atoms with Gasteiger partial charge in [-0.15, -0.1) is 11.6 Å². The highest BCUT2D eigenvalue weighted by atomic mass is 35.5. The number of hydrogen-bond donors (Lipinski definition) is 0. The molecular weight excluding hydrogens is 273 g/mol. The van der Waals surface area contributed by atoms with E-state index in [4.69, 9.17) is 27.6 Å². The Morgan fingerprint density at radius 1 is 1.28 bits per heavy atom. The fourth-order valence-corrected chi connectivity index (χ4v) is 1.93. The Balaban J connectivity index is 2.28. The molecule has 18 heavy (non-hydrogen) atoms. The fraction of sp³-hybridized carbons (Fsp3) is 0.154. The van der Waals surface area contributed by atoms with Gasteiger partial charge in [0.05, 0.1) is 12.8 Å². The van der Waals surface area contributed by atoms with Crippen molar-refractivity contribution in [2.45, 2.75) is 6.54 Å². The van der Waals surface area contributed by atoms with Crippen LogP contribution in [0.25, 0.3) is 0 Å². The Morgan fingerprint density at radius 2 is 2.11 bits per heavy atom. The monoisotopic (exact) mass is 283 g/mol. The van der Waals surface area contributed by atoms with Crippen molar-refractivity contribution in [1.82, 2.24) is 0 Å². The first-order valence-electron chi connectivity index (χ1n) is 5.35. The highest BCUT2D eigenvalue weighted by Gasteiger charge is 2.16. The summed E-state index contributed by atoms with van der Waals surface area (Å²) in [5.74, 6) is 0.400. The molecule has 1 aromatic heterocycles. The van der Waals surface area contributed by atoms with Crippen molar-refractivity contribution >= 4 is 34.8 Å². The first-order chi connectivity index (χ1) is 8.70. The summed E-state index contributed by atoms with van der Waals surface area (Å²) in [7, 11) is 0. The molecule has 0 N–H and O–H groups in total. The SMILES string of the molecule is O=C(CCl)N(Cc1ccco1)c1cccc(Cl)c1. The van der Waals surface area contributed by atoms with Gasteiger partial charge in [0.25, 0.3) is 0 Å². The summed E-state index contributed by atoms with van der Waals surface area (Å²) in [6.45, 7) is 0.332. The molecule has 0 unspecified atom stereocenters. The lowest BCUT2D eigenvalue weighted by atomic mass is 10.2. The highest BCUT2D eigenvalue weighted by Crippen LogP contribution is 2.22. The van der Waals surface area contributed by atoms with Crippen LogP contribution in [0.1, 0.15) is 5.76 Å². The molecule has 0 aliphatic heterocycles. The Hall–Kier alpha value is -1.45. The summed E-state index contributed by atoms with van der Waals surface area (Å²) in [6, 6.07) is 10.6. The minimum atomic E-state index is -0.199. The Kier molecular flexibility index (Phi) is 4.28. The van der Waals surface area contributed by atoms with Crippen molar-refractivity contribution in [2.75, 3.05) is 10.8 Å². The summed E-state index contributed by atoms with van der Waals surface area (Å²) in [5, 5.41) is 0.569. The fourth-order valence-electron chi connectivity index (χ4n) is 1.60. The first kappa shape index (κ1) is 13.0. The Bertz CT molecular complexity index is 526. The molecule has 5 heteroatoms. The van der Waals surface area contributed by atoms with E-state index >= 15 is 0 Å². The van der Waals surface area contributed by atoms with Gasteiger partial charge in [0.15, 0.2) is 0 Å². The third-order valence-corrected chi connectivity index (χ3v) is 2.89. The number of amides is 1. The van der Waals surface area contributed by atoms with Crippen molar-refractivity contribution in [3.8, 4) is 0 Å². The predicted octanol–water partition coefficient (Wildman–Crippen LogP) is 3.71. The van der Waals surface area contributed by atoms with Gasteiger partial charge >= 0.3 is 0 Å². The molecule has 0 aliphatic rings. The van der Waals surface area contributed by atoms with Gasteiger partial charge < -0.3 is 9.32 Å². The normalized spacial score (nSPS) is 10.3. The topological polar surface area (TPSA) is 33.5 Å². The lowest BCUT2D eigenvalue weighted by Crippen LogP contribution is -2.31. The quantitative estimate of drug-likeness (QED) is 0.802. The molecule has 0 bridgehead atoms. The van der Waals surface area contributed by atoms with Crippen LogP contribution < -0.4 is 4.90 Å². The summed E-state index contributed by atoms with van der Waals surface area (Å²) in [5.41, 5.74) is 0.699. The second kappa shape index (κ2) is 5.94.